The van der Waals surface area contributed by atoms with Gasteiger partial charge in [-0.2, -0.15) is 0 Å². The molecule has 0 bridgehead atoms. The predicted molar refractivity (Wildman–Crippen MR) is 43.7 cm³/mol. The molecule has 0 radical (unpaired) electrons. The second-order valence-electron chi connectivity index (χ2n) is 2.27. The van der Waals surface area contributed by atoms with Crippen molar-refractivity contribution >= 4 is 10.0 Å². The second-order valence-corrected chi connectivity index (χ2v) is 4.12. The van der Waals surface area contributed by atoms with Crippen molar-refractivity contribution in [2.45, 2.75) is 13.0 Å². The van der Waals surface area contributed by atoms with Crippen molar-refractivity contribution < 1.29 is 13.5 Å². The van der Waals surface area contributed by atoms with E-state index in [2.05, 4.69) is 11.3 Å². The molecule has 0 aliphatic carbocycles. The van der Waals surface area contributed by atoms with Crippen molar-refractivity contribution in [2.24, 2.45) is 0 Å². The van der Waals surface area contributed by atoms with E-state index in [0.717, 1.165) is 0 Å². The maximum absolute atomic E-state index is 10.8. The molecule has 0 saturated carbocycles. The average molecular weight is 179 g/mol. The minimum absolute atomic E-state index is 0.0518. The lowest BCUT2D eigenvalue weighted by atomic mass is 10.4. The molecule has 11 heavy (non-hydrogen) atoms. The van der Waals surface area contributed by atoms with Crippen molar-refractivity contribution in [1.29, 1.82) is 0 Å². The third-order valence-electron chi connectivity index (χ3n) is 0.936. The summed E-state index contributed by atoms with van der Waals surface area (Å²) in [6.07, 6.45) is 0.638. The number of aliphatic hydroxyl groups is 1. The summed E-state index contributed by atoms with van der Waals surface area (Å²) < 4.78 is 23.9. The van der Waals surface area contributed by atoms with E-state index in [4.69, 9.17) is 5.11 Å². The van der Waals surface area contributed by atoms with Crippen molar-refractivity contribution in [1.82, 2.24) is 4.72 Å². The summed E-state index contributed by atoms with van der Waals surface area (Å²) in [7, 11) is -3.25. The van der Waals surface area contributed by atoms with E-state index < -0.39 is 16.1 Å². The van der Waals surface area contributed by atoms with Crippen LogP contribution in [0.3, 0.4) is 0 Å². The van der Waals surface area contributed by atoms with E-state index in [1.165, 1.54) is 13.0 Å². The molecule has 0 heterocycles. The number of sulfonamides is 1. The molecule has 0 unspecified atom stereocenters. The second kappa shape index (κ2) is 4.48. The van der Waals surface area contributed by atoms with Gasteiger partial charge in [-0.25, -0.2) is 13.1 Å². The zero-order valence-corrected chi connectivity index (χ0v) is 7.26. The normalized spacial score (nSPS) is 14.4. The molecule has 0 rings (SSSR count). The van der Waals surface area contributed by atoms with E-state index >= 15 is 0 Å². The molecular weight excluding hydrogens is 166 g/mol. The zero-order valence-electron chi connectivity index (χ0n) is 6.45. The minimum atomic E-state index is -3.25. The number of rotatable bonds is 5. The van der Waals surface area contributed by atoms with Crippen molar-refractivity contribution in [3.05, 3.63) is 12.7 Å². The Hall–Kier alpha value is -0.390. The third-order valence-corrected chi connectivity index (χ3v) is 2.22. The molecule has 0 amide bonds. The Bertz CT molecular complexity index is 208. The van der Waals surface area contributed by atoms with Crippen LogP contribution in [0, 0.1) is 0 Å². The fraction of sp³-hybridized carbons (Fsp3) is 0.667. The van der Waals surface area contributed by atoms with Gasteiger partial charge in [0.05, 0.1) is 11.9 Å². The van der Waals surface area contributed by atoms with Gasteiger partial charge in [0.1, 0.15) is 0 Å². The van der Waals surface area contributed by atoms with Crippen LogP contribution in [0.2, 0.25) is 0 Å². The summed E-state index contributed by atoms with van der Waals surface area (Å²) in [6, 6.07) is 0. The van der Waals surface area contributed by atoms with E-state index in [-0.39, 0.29) is 12.3 Å². The SMILES string of the molecule is C=CCS(=O)(=O)NC[C@H](C)O. The van der Waals surface area contributed by atoms with E-state index in [1.807, 2.05) is 0 Å². The topological polar surface area (TPSA) is 66.4 Å². The van der Waals surface area contributed by atoms with E-state index in [9.17, 15) is 8.42 Å². The highest BCUT2D eigenvalue weighted by atomic mass is 32.2. The smallest absolute Gasteiger partial charge is 0.215 e. The van der Waals surface area contributed by atoms with Crippen LogP contribution in [-0.4, -0.2) is 31.9 Å². The van der Waals surface area contributed by atoms with Gasteiger partial charge < -0.3 is 5.11 Å². The first-order valence-electron chi connectivity index (χ1n) is 3.24. The van der Waals surface area contributed by atoms with E-state index in [1.54, 1.807) is 0 Å². The summed E-state index contributed by atoms with van der Waals surface area (Å²) in [5, 5.41) is 8.73. The molecule has 0 fully saturated rings. The molecule has 0 spiro atoms. The molecule has 0 saturated heterocycles. The molecule has 4 nitrogen and oxygen atoms in total. The van der Waals surface area contributed by atoms with Crippen LogP contribution < -0.4 is 4.72 Å². The third kappa shape index (κ3) is 6.03. The van der Waals surface area contributed by atoms with Crippen LogP contribution in [0.1, 0.15) is 6.92 Å². The largest absolute Gasteiger partial charge is 0.392 e. The Morgan fingerprint density at radius 2 is 2.27 bits per heavy atom. The maximum Gasteiger partial charge on any atom is 0.215 e. The van der Waals surface area contributed by atoms with Crippen molar-refractivity contribution in [3.63, 3.8) is 0 Å². The lowest BCUT2D eigenvalue weighted by Gasteiger charge is -2.05. The summed E-state index contributed by atoms with van der Waals surface area (Å²) in [4.78, 5) is 0. The molecule has 0 aromatic heterocycles. The summed E-state index contributed by atoms with van der Waals surface area (Å²) >= 11 is 0. The molecule has 66 valence electrons. The van der Waals surface area contributed by atoms with E-state index in [0.29, 0.717) is 0 Å². The highest BCUT2D eigenvalue weighted by Crippen LogP contribution is 1.85. The fourth-order valence-corrected chi connectivity index (χ4v) is 1.38. The van der Waals surface area contributed by atoms with Gasteiger partial charge in [0, 0.05) is 6.54 Å². The van der Waals surface area contributed by atoms with Gasteiger partial charge in [0.25, 0.3) is 0 Å². The van der Waals surface area contributed by atoms with Gasteiger partial charge in [-0.05, 0) is 6.92 Å². The highest BCUT2D eigenvalue weighted by molar-refractivity contribution is 7.89. The van der Waals surface area contributed by atoms with Crippen molar-refractivity contribution in [2.75, 3.05) is 12.3 Å². The first-order valence-corrected chi connectivity index (χ1v) is 4.89. The molecule has 1 atom stereocenters. The Balaban J connectivity index is 3.83. The monoisotopic (exact) mass is 179 g/mol. The average Bonchev–Trinajstić information content (AvgIpc) is 1.84. The lowest BCUT2D eigenvalue weighted by molar-refractivity contribution is 0.198. The number of hydrogen-bond acceptors (Lipinski definition) is 3. The quantitative estimate of drug-likeness (QED) is 0.558. The number of nitrogens with one attached hydrogen (secondary N) is 1. The van der Waals surface area contributed by atoms with Crippen LogP contribution in [-0.2, 0) is 10.0 Å². The predicted octanol–water partition coefficient (Wildman–Crippen LogP) is -0.527. The van der Waals surface area contributed by atoms with Crippen LogP contribution in [0.4, 0.5) is 0 Å². The summed E-state index contributed by atoms with van der Waals surface area (Å²) in [5.74, 6) is -0.111. The highest BCUT2D eigenvalue weighted by Gasteiger charge is 2.07. The zero-order chi connectivity index (χ0) is 8.91. The van der Waals surface area contributed by atoms with Crippen molar-refractivity contribution in [3.8, 4) is 0 Å². The number of aliphatic hydroxyl groups excluding tert-OH is 1. The van der Waals surface area contributed by atoms with Gasteiger partial charge in [-0.3, -0.25) is 0 Å². The first-order chi connectivity index (χ1) is 4.98. The summed E-state index contributed by atoms with van der Waals surface area (Å²) in [5.41, 5.74) is 0. The molecule has 0 aliphatic heterocycles. The van der Waals surface area contributed by atoms with Crippen LogP contribution >= 0.6 is 0 Å². The molecular formula is C6H13NO3S. The van der Waals surface area contributed by atoms with Gasteiger partial charge >= 0.3 is 0 Å². The molecule has 0 aromatic carbocycles. The Morgan fingerprint density at radius 1 is 1.73 bits per heavy atom. The minimum Gasteiger partial charge on any atom is -0.392 e. The Labute approximate surface area is 67.0 Å². The molecule has 0 aliphatic rings. The lowest BCUT2D eigenvalue weighted by Crippen LogP contribution is -2.31. The van der Waals surface area contributed by atoms with Crippen LogP contribution in [0.15, 0.2) is 12.7 Å². The Kier molecular flexibility index (Phi) is 4.32. The van der Waals surface area contributed by atoms with Gasteiger partial charge in [0.15, 0.2) is 0 Å². The fourth-order valence-electron chi connectivity index (χ4n) is 0.462. The van der Waals surface area contributed by atoms with Crippen LogP contribution in [0.5, 0.6) is 0 Å². The van der Waals surface area contributed by atoms with Crippen LogP contribution in [0.25, 0.3) is 0 Å². The first kappa shape index (κ1) is 10.6. The van der Waals surface area contributed by atoms with Gasteiger partial charge in [-0.15, -0.1) is 6.58 Å². The molecule has 2 N–H and O–H groups in total. The molecule has 0 aromatic rings. The maximum atomic E-state index is 10.8. The standard InChI is InChI=1S/C6H13NO3S/c1-3-4-11(9,10)7-5-6(2)8/h3,6-8H,1,4-5H2,2H3/t6-/m0/s1. The van der Waals surface area contributed by atoms with Gasteiger partial charge in [-0.1, -0.05) is 6.08 Å². The Morgan fingerprint density at radius 3 is 2.64 bits per heavy atom. The number of hydrogen-bond donors (Lipinski definition) is 2. The van der Waals surface area contributed by atoms with Gasteiger partial charge in [0.2, 0.25) is 10.0 Å². The molecule has 5 heteroatoms. The summed E-state index contributed by atoms with van der Waals surface area (Å²) in [6.45, 7) is 4.85.